The van der Waals surface area contributed by atoms with Gasteiger partial charge in [-0.05, 0) is 78.9 Å². The van der Waals surface area contributed by atoms with E-state index >= 15 is 0 Å². The topological polar surface area (TPSA) is 46.1 Å². The number of ether oxygens (including phenoxy) is 1. The minimum Gasteiger partial charge on any atom is -0.488 e. The lowest BCUT2D eigenvalue weighted by Gasteiger charge is -2.22. The second kappa shape index (κ2) is 11.7. The van der Waals surface area contributed by atoms with Crippen LogP contribution in [-0.4, -0.2) is 27.9 Å². The van der Waals surface area contributed by atoms with Crippen LogP contribution in [0.15, 0.2) is 85.1 Å². The Morgan fingerprint density at radius 3 is 2.53 bits per heavy atom. The Kier molecular flexibility index (Phi) is 7.74. The van der Waals surface area contributed by atoms with Crippen molar-refractivity contribution in [2.45, 2.75) is 20.5 Å². The fraction of sp³-hybridized carbons (Fsp3) is 0.182. The van der Waals surface area contributed by atoms with Crippen LogP contribution in [0.4, 0.5) is 5.69 Å². The molecule has 0 spiro atoms. The first-order valence-electron chi connectivity index (χ1n) is 13.2. The third-order valence-corrected chi connectivity index (χ3v) is 6.78. The molecule has 0 aliphatic heterocycles. The van der Waals surface area contributed by atoms with Gasteiger partial charge >= 0.3 is 0 Å². The highest BCUT2D eigenvalue weighted by Crippen LogP contribution is 2.28. The van der Waals surface area contributed by atoms with Crippen LogP contribution in [0.2, 0.25) is 0 Å². The van der Waals surface area contributed by atoms with E-state index in [0.717, 1.165) is 52.6 Å². The number of aryl methyl sites for hydroxylation is 1. The van der Waals surface area contributed by atoms with Gasteiger partial charge in [-0.1, -0.05) is 48.5 Å². The molecule has 3 aromatic carbocycles. The Labute approximate surface area is 224 Å². The number of aromatic nitrogens is 3. The highest BCUT2D eigenvalue weighted by Gasteiger charge is 2.08. The second-order valence-electron chi connectivity index (χ2n) is 9.33. The van der Waals surface area contributed by atoms with E-state index in [1.165, 1.54) is 10.9 Å². The van der Waals surface area contributed by atoms with Crippen LogP contribution in [0.1, 0.15) is 41.9 Å². The van der Waals surface area contributed by atoms with Gasteiger partial charge in [-0.3, -0.25) is 5.10 Å². The second-order valence-corrected chi connectivity index (χ2v) is 9.33. The van der Waals surface area contributed by atoms with E-state index in [0.29, 0.717) is 6.61 Å². The molecule has 0 amide bonds. The van der Waals surface area contributed by atoms with Gasteiger partial charge in [-0.25, -0.2) is 0 Å². The molecule has 0 bridgehead atoms. The fourth-order valence-corrected chi connectivity index (χ4v) is 4.57. The van der Waals surface area contributed by atoms with Crippen molar-refractivity contribution in [3.8, 4) is 5.75 Å². The highest BCUT2D eigenvalue weighted by atomic mass is 16.5. The summed E-state index contributed by atoms with van der Waals surface area (Å²) in [6.07, 6.45) is 10.3. The molecule has 0 unspecified atom stereocenters. The van der Waals surface area contributed by atoms with E-state index in [1.54, 1.807) is 0 Å². The Morgan fingerprint density at radius 2 is 1.71 bits per heavy atom. The molecule has 192 valence electrons. The van der Waals surface area contributed by atoms with Gasteiger partial charge in [0.25, 0.3) is 0 Å². The summed E-state index contributed by atoms with van der Waals surface area (Å²) in [5.41, 5.74) is 7.52. The third kappa shape index (κ3) is 5.89. The molecular formula is C33H34N4O. The molecule has 0 saturated heterocycles. The Bertz CT molecular complexity index is 1550. The molecule has 2 heterocycles. The van der Waals surface area contributed by atoms with Crippen LogP contribution in [0.25, 0.3) is 35.2 Å². The summed E-state index contributed by atoms with van der Waals surface area (Å²) >= 11 is 0. The number of hydrogen-bond acceptors (Lipinski definition) is 3. The van der Waals surface area contributed by atoms with Gasteiger partial charge in [0.2, 0.25) is 0 Å². The Balaban J connectivity index is 1.33. The maximum Gasteiger partial charge on any atom is 0.129 e. The average Bonchev–Trinajstić information content (AvgIpc) is 3.57. The largest absolute Gasteiger partial charge is 0.488 e. The van der Waals surface area contributed by atoms with Crippen molar-refractivity contribution in [2.75, 3.05) is 18.0 Å². The van der Waals surface area contributed by atoms with Gasteiger partial charge in [-0.15, -0.1) is 0 Å². The highest BCUT2D eigenvalue weighted by molar-refractivity contribution is 5.84. The number of aromatic amines is 1. The minimum absolute atomic E-state index is 0.523. The minimum atomic E-state index is 0.523. The Morgan fingerprint density at radius 1 is 0.868 bits per heavy atom. The molecular weight excluding hydrogens is 468 g/mol. The standard InChI is InChI=1S/C33H34N4O/c1-4-37(5-2)31-18-15-28(33(23-31)38-24-26-9-7-6-8-10-26)14-17-30-22-29(34-35-30)16-12-25-11-13-27-19-20-36(3)32(27)21-25/h6-23H,4-5,24H2,1-3H3,(H,34,35). The molecule has 5 heteroatoms. The van der Waals surface area contributed by atoms with Crippen LogP contribution in [0.3, 0.4) is 0 Å². The van der Waals surface area contributed by atoms with Gasteiger partial charge in [0.05, 0.1) is 11.4 Å². The van der Waals surface area contributed by atoms with Crippen LogP contribution >= 0.6 is 0 Å². The van der Waals surface area contributed by atoms with E-state index in [2.05, 4.69) is 120 Å². The molecule has 0 saturated carbocycles. The molecule has 2 aromatic heterocycles. The number of rotatable bonds is 10. The van der Waals surface area contributed by atoms with Crippen LogP contribution in [-0.2, 0) is 13.7 Å². The molecule has 0 radical (unpaired) electrons. The van der Waals surface area contributed by atoms with Crippen LogP contribution in [0.5, 0.6) is 5.75 Å². The first-order chi connectivity index (χ1) is 18.6. The summed E-state index contributed by atoms with van der Waals surface area (Å²) in [7, 11) is 2.07. The first-order valence-corrected chi connectivity index (χ1v) is 13.2. The zero-order valence-electron chi connectivity index (χ0n) is 22.3. The third-order valence-electron chi connectivity index (χ3n) is 6.78. The SMILES string of the molecule is CCN(CC)c1ccc(C=Cc2cc(C=Cc3ccc4ccn(C)c4c3)[nH]n2)c(OCc2ccccc2)c1. The van der Waals surface area contributed by atoms with Gasteiger partial charge < -0.3 is 14.2 Å². The van der Waals surface area contributed by atoms with Gasteiger partial charge in [0.15, 0.2) is 0 Å². The molecule has 1 N–H and O–H groups in total. The first kappa shape index (κ1) is 25.2. The molecule has 0 aliphatic rings. The van der Waals surface area contributed by atoms with E-state index in [4.69, 9.17) is 4.74 Å². The lowest BCUT2D eigenvalue weighted by molar-refractivity contribution is 0.305. The molecule has 5 rings (SSSR count). The van der Waals surface area contributed by atoms with Crippen molar-refractivity contribution in [2.24, 2.45) is 7.05 Å². The number of benzene rings is 3. The fourth-order valence-electron chi connectivity index (χ4n) is 4.57. The molecule has 5 aromatic rings. The van der Waals surface area contributed by atoms with Crippen molar-refractivity contribution in [3.05, 3.63) is 113 Å². The molecule has 0 atom stereocenters. The maximum atomic E-state index is 6.30. The number of anilines is 1. The van der Waals surface area contributed by atoms with E-state index in [-0.39, 0.29) is 0 Å². The number of fused-ring (bicyclic) bond motifs is 1. The summed E-state index contributed by atoms with van der Waals surface area (Å²) in [6.45, 7) is 6.77. The lowest BCUT2D eigenvalue weighted by atomic mass is 10.1. The van der Waals surface area contributed by atoms with Crippen LogP contribution in [0, 0.1) is 0 Å². The smallest absolute Gasteiger partial charge is 0.129 e. The molecule has 0 aliphatic carbocycles. The summed E-state index contributed by atoms with van der Waals surface area (Å²) in [4.78, 5) is 2.32. The molecule has 0 fully saturated rings. The number of nitrogens with one attached hydrogen (secondary N) is 1. The zero-order valence-corrected chi connectivity index (χ0v) is 22.3. The quantitative estimate of drug-likeness (QED) is 0.213. The number of nitrogens with zero attached hydrogens (tertiary/aromatic N) is 3. The summed E-state index contributed by atoms with van der Waals surface area (Å²) in [6, 6.07) is 27.3. The van der Waals surface area contributed by atoms with E-state index < -0.39 is 0 Å². The monoisotopic (exact) mass is 502 g/mol. The van der Waals surface area contributed by atoms with E-state index in [1.807, 2.05) is 30.3 Å². The average molecular weight is 503 g/mol. The van der Waals surface area contributed by atoms with Crippen molar-refractivity contribution in [1.29, 1.82) is 0 Å². The predicted octanol–water partition coefficient (Wildman–Crippen LogP) is 7.67. The summed E-state index contributed by atoms with van der Waals surface area (Å²) in [5, 5.41) is 8.85. The molecule has 5 nitrogen and oxygen atoms in total. The summed E-state index contributed by atoms with van der Waals surface area (Å²) in [5.74, 6) is 0.862. The lowest BCUT2D eigenvalue weighted by Crippen LogP contribution is -2.21. The van der Waals surface area contributed by atoms with Crippen molar-refractivity contribution < 1.29 is 4.74 Å². The zero-order chi connectivity index (χ0) is 26.3. The number of hydrogen-bond donors (Lipinski definition) is 1. The van der Waals surface area contributed by atoms with E-state index in [9.17, 15) is 0 Å². The van der Waals surface area contributed by atoms with Gasteiger partial charge in [0.1, 0.15) is 12.4 Å². The maximum absolute atomic E-state index is 6.30. The number of H-pyrrole nitrogens is 1. The van der Waals surface area contributed by atoms with Gasteiger partial charge in [-0.2, -0.15) is 5.10 Å². The Hall–Kier alpha value is -4.51. The normalized spacial score (nSPS) is 11.7. The molecule has 38 heavy (non-hydrogen) atoms. The van der Waals surface area contributed by atoms with Crippen molar-refractivity contribution >= 4 is 40.9 Å². The van der Waals surface area contributed by atoms with Crippen LogP contribution < -0.4 is 9.64 Å². The predicted molar refractivity (Wildman–Crippen MR) is 160 cm³/mol. The van der Waals surface area contributed by atoms with Gasteiger partial charge in [0, 0.05) is 49.2 Å². The van der Waals surface area contributed by atoms with Crippen molar-refractivity contribution in [3.63, 3.8) is 0 Å². The van der Waals surface area contributed by atoms with Crippen molar-refractivity contribution in [1.82, 2.24) is 14.8 Å². The summed E-state index contributed by atoms with van der Waals surface area (Å²) < 4.78 is 8.44.